The molecule has 4 aromatic rings. The molecule has 1 N–H and O–H groups in total. The molecular weight excluding hydrogens is 699 g/mol. The zero-order valence-corrected chi connectivity index (χ0v) is 29.9. The molecular formula is C37H38Cl2N4O8. The van der Waals surface area contributed by atoms with Crippen LogP contribution in [0.25, 0.3) is 0 Å². The maximum atomic E-state index is 14.0. The number of carboxylic acids is 1. The minimum atomic E-state index is -1.15. The first-order chi connectivity index (χ1) is 24.6. The van der Waals surface area contributed by atoms with E-state index in [0.717, 1.165) is 25.9 Å². The zero-order valence-electron chi connectivity index (χ0n) is 28.4. The van der Waals surface area contributed by atoms with Gasteiger partial charge in [0.1, 0.15) is 21.9 Å². The molecule has 3 aliphatic heterocycles. The fourth-order valence-corrected chi connectivity index (χ4v) is 7.55. The van der Waals surface area contributed by atoms with E-state index >= 15 is 0 Å². The number of carbonyl (C=O) groups is 2. The number of rotatable bonds is 12. The largest absolute Gasteiger partial charge is 0.619 e. The summed E-state index contributed by atoms with van der Waals surface area (Å²) in [5.41, 5.74) is 2.66. The minimum absolute atomic E-state index is 0.0311. The number of aromatic carboxylic acids is 1. The van der Waals surface area contributed by atoms with Crippen LogP contribution in [0.4, 0.5) is 10.5 Å². The van der Waals surface area contributed by atoms with Crippen molar-refractivity contribution >= 4 is 41.0 Å². The number of piperidine rings is 3. The lowest BCUT2D eigenvalue weighted by molar-refractivity contribution is -0.605. The van der Waals surface area contributed by atoms with Crippen LogP contribution in [0.2, 0.25) is 10.0 Å². The molecule has 2 bridgehead atoms. The summed E-state index contributed by atoms with van der Waals surface area (Å²) >= 11 is 13.1. The molecule has 0 unspecified atom stereocenters. The van der Waals surface area contributed by atoms with Crippen molar-refractivity contribution in [1.29, 1.82) is 0 Å². The van der Waals surface area contributed by atoms with Crippen LogP contribution in [-0.4, -0.2) is 74.1 Å². The van der Waals surface area contributed by atoms with Crippen molar-refractivity contribution in [3.05, 3.63) is 110 Å². The van der Waals surface area contributed by atoms with Crippen molar-refractivity contribution in [1.82, 2.24) is 9.88 Å². The minimum Gasteiger partial charge on any atom is -0.619 e. The molecule has 12 nitrogen and oxygen atoms in total. The van der Waals surface area contributed by atoms with Crippen molar-refractivity contribution in [3.8, 4) is 17.2 Å². The van der Waals surface area contributed by atoms with Gasteiger partial charge < -0.3 is 29.3 Å². The Balaban J connectivity index is 1.43. The fourth-order valence-electron chi connectivity index (χ4n) is 6.95. The molecule has 5 heterocycles. The number of pyridine rings is 2. The van der Waals surface area contributed by atoms with E-state index in [2.05, 4.69) is 9.88 Å². The molecule has 3 aliphatic rings. The molecule has 3 fully saturated rings. The van der Waals surface area contributed by atoms with E-state index in [0.29, 0.717) is 62.4 Å². The third kappa shape index (κ3) is 7.93. The number of hydrogen-bond acceptors (Lipinski definition) is 9. The standard InChI is InChI=1S/C37H38Cl2N4O8/c1-48-26-14-25(16-40-17-26)43(37(46)51-35-21-41-10-8-23(35)9-11-41)18-22-4-6-27(36(44)45)29(12-22)28(15-30-31(38)19-42(47)20-32(30)39)24-5-7-33(49-2)34(13-24)50-3/h4-7,12-14,16-17,19-20,23,28,35H,8-11,15,18,21H2,1-3H3,(H,44,45)/t28-,35-/m0/s1. The second kappa shape index (κ2) is 15.6. The molecule has 51 heavy (non-hydrogen) atoms. The van der Waals surface area contributed by atoms with Gasteiger partial charge in [0.2, 0.25) is 0 Å². The number of benzene rings is 2. The molecule has 268 valence electrons. The maximum absolute atomic E-state index is 14.0. The maximum Gasteiger partial charge on any atom is 0.414 e. The van der Waals surface area contributed by atoms with Gasteiger partial charge in [0.05, 0.1) is 51.5 Å². The number of hydrogen-bond donors (Lipinski definition) is 1. The number of aromatic nitrogens is 2. The summed E-state index contributed by atoms with van der Waals surface area (Å²) in [5.74, 6) is -0.137. The SMILES string of the molecule is COc1cncc(N(Cc2ccc(C(=O)O)c([C@@H](Cc3c(Cl)c[n+]([O-])cc3Cl)c3ccc(OC)c(OC)c3)c2)C(=O)O[C@H]2CN3CCC2CC3)c1. The van der Waals surface area contributed by atoms with Crippen LogP contribution in [0, 0.1) is 11.1 Å². The van der Waals surface area contributed by atoms with E-state index in [9.17, 15) is 19.9 Å². The van der Waals surface area contributed by atoms with Gasteiger partial charge in [-0.05, 0) is 73.2 Å². The highest BCUT2D eigenvalue weighted by Gasteiger charge is 2.38. The van der Waals surface area contributed by atoms with Crippen LogP contribution in [0.3, 0.4) is 0 Å². The topological polar surface area (TPSA) is 138 Å². The number of ether oxygens (including phenoxy) is 4. The van der Waals surface area contributed by atoms with Crippen molar-refractivity contribution < 1.29 is 38.4 Å². The van der Waals surface area contributed by atoms with Crippen molar-refractivity contribution in [2.45, 2.75) is 37.8 Å². The summed E-state index contributed by atoms with van der Waals surface area (Å²) in [6.45, 7) is 2.71. The molecule has 3 saturated heterocycles. The molecule has 0 saturated carbocycles. The first-order valence-corrected chi connectivity index (χ1v) is 17.2. The Bertz CT molecular complexity index is 1900. The lowest BCUT2D eigenvalue weighted by atomic mass is 9.82. The molecule has 0 radical (unpaired) electrons. The number of halogens is 2. The summed E-state index contributed by atoms with van der Waals surface area (Å²) in [4.78, 5) is 34.9. The molecule has 2 aromatic carbocycles. The number of methoxy groups -OCH3 is 3. The lowest BCUT2D eigenvalue weighted by Gasteiger charge is -2.44. The van der Waals surface area contributed by atoms with Gasteiger partial charge >= 0.3 is 12.1 Å². The van der Waals surface area contributed by atoms with Gasteiger partial charge in [0, 0.05) is 24.1 Å². The van der Waals surface area contributed by atoms with Gasteiger partial charge in [0.25, 0.3) is 0 Å². The molecule has 1 amide bonds. The average Bonchev–Trinajstić information content (AvgIpc) is 3.13. The number of carboxylic acid groups (broad SMARTS) is 1. The van der Waals surface area contributed by atoms with Gasteiger partial charge in [-0.25, -0.2) is 9.59 Å². The summed E-state index contributed by atoms with van der Waals surface area (Å²) in [6.07, 6.45) is 6.78. The molecule has 0 aliphatic carbocycles. The molecule has 2 aromatic heterocycles. The Hall–Kier alpha value is -4.78. The Morgan fingerprint density at radius 3 is 2.35 bits per heavy atom. The van der Waals surface area contributed by atoms with Crippen LogP contribution in [0.5, 0.6) is 17.2 Å². The number of fused-ring (bicyclic) bond motifs is 3. The first-order valence-electron chi connectivity index (χ1n) is 16.4. The molecule has 14 heteroatoms. The predicted molar refractivity (Wildman–Crippen MR) is 190 cm³/mol. The van der Waals surface area contributed by atoms with Gasteiger partial charge in [-0.3, -0.25) is 14.8 Å². The van der Waals surface area contributed by atoms with Crippen molar-refractivity contribution in [3.63, 3.8) is 0 Å². The van der Waals surface area contributed by atoms with E-state index in [4.69, 9.17) is 42.1 Å². The number of amides is 1. The highest BCUT2D eigenvalue weighted by Crippen LogP contribution is 2.39. The summed E-state index contributed by atoms with van der Waals surface area (Å²) < 4.78 is 23.1. The van der Waals surface area contributed by atoms with E-state index in [-0.39, 0.29) is 34.7 Å². The molecule has 7 rings (SSSR count). The van der Waals surface area contributed by atoms with E-state index in [1.165, 1.54) is 44.7 Å². The van der Waals surface area contributed by atoms with Gasteiger partial charge in [-0.2, -0.15) is 4.73 Å². The van der Waals surface area contributed by atoms with Gasteiger partial charge in [-0.1, -0.05) is 41.4 Å². The Morgan fingerprint density at radius 1 is 1.00 bits per heavy atom. The third-order valence-electron chi connectivity index (χ3n) is 9.65. The van der Waals surface area contributed by atoms with E-state index < -0.39 is 18.0 Å². The van der Waals surface area contributed by atoms with E-state index in [1.54, 1.807) is 42.7 Å². The molecule has 2 atom stereocenters. The Labute approximate surface area is 305 Å². The number of anilines is 1. The lowest BCUT2D eigenvalue weighted by Crippen LogP contribution is -2.53. The van der Waals surface area contributed by atoms with Crippen LogP contribution < -0.4 is 23.8 Å². The third-order valence-corrected chi connectivity index (χ3v) is 10.3. The number of nitrogens with zero attached hydrogens (tertiary/aromatic N) is 4. The Morgan fingerprint density at radius 2 is 1.73 bits per heavy atom. The average molecular weight is 738 g/mol. The van der Waals surface area contributed by atoms with Crippen LogP contribution in [-0.2, 0) is 17.7 Å². The fraction of sp³-hybridized carbons (Fsp3) is 0.351. The first kappa shape index (κ1) is 36.0. The normalized spacial score (nSPS) is 18.5. The number of carbonyl (C=O) groups excluding carboxylic acids is 1. The second-order valence-electron chi connectivity index (χ2n) is 12.6. The predicted octanol–water partition coefficient (Wildman–Crippen LogP) is 6.36. The van der Waals surface area contributed by atoms with Crippen LogP contribution in [0.15, 0.2) is 67.3 Å². The van der Waals surface area contributed by atoms with Crippen LogP contribution in [0.1, 0.15) is 51.4 Å². The zero-order chi connectivity index (χ0) is 36.2. The van der Waals surface area contributed by atoms with Crippen molar-refractivity contribution in [2.75, 3.05) is 45.9 Å². The monoisotopic (exact) mass is 736 g/mol. The Kier molecular flexibility index (Phi) is 11.0. The van der Waals surface area contributed by atoms with Crippen molar-refractivity contribution in [2.24, 2.45) is 5.92 Å². The molecule has 0 spiro atoms. The summed E-state index contributed by atoms with van der Waals surface area (Å²) in [6, 6.07) is 11.9. The second-order valence-corrected chi connectivity index (χ2v) is 13.4. The summed E-state index contributed by atoms with van der Waals surface area (Å²) in [5, 5.41) is 22.8. The highest BCUT2D eigenvalue weighted by molar-refractivity contribution is 6.35. The quantitative estimate of drug-likeness (QED) is 0.129. The smallest absolute Gasteiger partial charge is 0.414 e. The van der Waals surface area contributed by atoms with Gasteiger partial charge in [-0.15, -0.1) is 0 Å². The summed E-state index contributed by atoms with van der Waals surface area (Å²) in [7, 11) is 4.55. The highest BCUT2D eigenvalue weighted by atomic mass is 35.5. The van der Waals surface area contributed by atoms with Gasteiger partial charge in [0.15, 0.2) is 23.9 Å². The van der Waals surface area contributed by atoms with E-state index in [1.807, 2.05) is 6.07 Å². The van der Waals surface area contributed by atoms with Crippen LogP contribution >= 0.6 is 23.2 Å².